The molecule has 0 aliphatic heterocycles. The highest BCUT2D eigenvalue weighted by atomic mass is 35.5. The largest absolute Gasteiger partial charge is 0.478 e. The molecule has 2 N–H and O–H groups in total. The van der Waals surface area contributed by atoms with Crippen LogP contribution in [0.15, 0.2) is 18.2 Å². The van der Waals surface area contributed by atoms with Crippen molar-refractivity contribution in [2.45, 2.75) is 19.8 Å². The number of benzene rings is 1. The molecule has 1 aromatic carbocycles. The van der Waals surface area contributed by atoms with Crippen LogP contribution in [-0.4, -0.2) is 37.4 Å². The first-order chi connectivity index (χ1) is 9.29. The minimum absolute atomic E-state index is 0.0195. The van der Waals surface area contributed by atoms with E-state index in [2.05, 4.69) is 4.72 Å². The molecule has 0 amide bonds. The molecule has 1 rings (SSSR count). The van der Waals surface area contributed by atoms with Crippen molar-refractivity contribution >= 4 is 33.5 Å². The van der Waals surface area contributed by atoms with Crippen LogP contribution in [0.1, 0.15) is 30.1 Å². The number of rotatable bonds is 7. The number of hydrogen-bond donors (Lipinski definition) is 2. The number of nitrogens with one attached hydrogen (secondary N) is 1. The van der Waals surface area contributed by atoms with Gasteiger partial charge in [0.1, 0.15) is 5.56 Å². The number of aromatic carboxylic acids is 1. The third-order valence-electron chi connectivity index (χ3n) is 2.70. The number of anilines is 1. The average molecular weight is 321 g/mol. The zero-order valence-electron chi connectivity index (χ0n) is 11.3. The van der Waals surface area contributed by atoms with E-state index in [4.69, 9.17) is 16.7 Å². The van der Waals surface area contributed by atoms with Crippen LogP contribution in [0.4, 0.5) is 5.69 Å². The van der Waals surface area contributed by atoms with E-state index in [1.165, 1.54) is 25.2 Å². The summed E-state index contributed by atoms with van der Waals surface area (Å²) in [6.07, 6.45) is 1.58. The van der Waals surface area contributed by atoms with Crippen molar-refractivity contribution in [3.8, 4) is 0 Å². The summed E-state index contributed by atoms with van der Waals surface area (Å²) in [6, 6.07) is 4.24. The molecular weight excluding hydrogens is 304 g/mol. The third kappa shape index (κ3) is 4.09. The highest BCUT2D eigenvalue weighted by molar-refractivity contribution is 7.90. The Morgan fingerprint density at radius 2 is 2.10 bits per heavy atom. The van der Waals surface area contributed by atoms with Crippen molar-refractivity contribution in [1.29, 1.82) is 0 Å². The molecule has 1 aromatic rings. The highest BCUT2D eigenvalue weighted by Gasteiger charge is 2.21. The second kappa shape index (κ2) is 6.92. The second-order valence-electron chi connectivity index (χ2n) is 4.25. The van der Waals surface area contributed by atoms with Crippen molar-refractivity contribution < 1.29 is 18.3 Å². The van der Waals surface area contributed by atoms with Crippen LogP contribution in [0.5, 0.6) is 0 Å². The van der Waals surface area contributed by atoms with Crippen molar-refractivity contribution in [3.63, 3.8) is 0 Å². The lowest BCUT2D eigenvalue weighted by atomic mass is 10.2. The smallest absolute Gasteiger partial charge is 0.339 e. The van der Waals surface area contributed by atoms with Gasteiger partial charge in [0.05, 0.1) is 10.7 Å². The zero-order chi connectivity index (χ0) is 15.3. The van der Waals surface area contributed by atoms with Gasteiger partial charge >= 0.3 is 16.2 Å². The van der Waals surface area contributed by atoms with Crippen molar-refractivity contribution in [2.24, 2.45) is 0 Å². The van der Waals surface area contributed by atoms with Gasteiger partial charge in [-0.2, -0.15) is 12.7 Å². The molecule has 20 heavy (non-hydrogen) atoms. The minimum Gasteiger partial charge on any atom is -0.478 e. The number of carbonyl (C=O) groups is 1. The summed E-state index contributed by atoms with van der Waals surface area (Å²) >= 11 is 5.79. The number of carboxylic acid groups (broad SMARTS) is 1. The number of nitrogens with zero attached hydrogens (tertiary/aromatic N) is 1. The zero-order valence-corrected chi connectivity index (χ0v) is 12.8. The van der Waals surface area contributed by atoms with E-state index >= 15 is 0 Å². The predicted molar refractivity (Wildman–Crippen MR) is 78.5 cm³/mol. The maximum absolute atomic E-state index is 12.1. The summed E-state index contributed by atoms with van der Waals surface area (Å²) < 4.78 is 27.5. The average Bonchev–Trinajstić information content (AvgIpc) is 2.34. The Balaban J connectivity index is 3.04. The van der Waals surface area contributed by atoms with Gasteiger partial charge in [-0.25, -0.2) is 4.79 Å². The molecule has 0 aliphatic rings. The fourth-order valence-corrected chi connectivity index (χ4v) is 2.77. The van der Waals surface area contributed by atoms with Gasteiger partial charge in [0.15, 0.2) is 0 Å². The van der Waals surface area contributed by atoms with Gasteiger partial charge in [-0.15, -0.1) is 0 Å². The Bertz CT molecular complexity index is 589. The topological polar surface area (TPSA) is 86.7 Å². The fraction of sp³-hybridized carbons (Fsp3) is 0.417. The van der Waals surface area contributed by atoms with Crippen LogP contribution < -0.4 is 4.72 Å². The van der Waals surface area contributed by atoms with Crippen LogP contribution >= 0.6 is 11.6 Å². The molecule has 0 saturated carbocycles. The molecule has 0 aromatic heterocycles. The molecule has 112 valence electrons. The summed E-state index contributed by atoms with van der Waals surface area (Å²) in [4.78, 5) is 11.1. The van der Waals surface area contributed by atoms with Crippen molar-refractivity contribution in [1.82, 2.24) is 4.31 Å². The summed E-state index contributed by atoms with van der Waals surface area (Å²) in [6.45, 7) is 2.31. The Kier molecular flexibility index (Phi) is 5.79. The predicted octanol–water partition coefficient (Wildman–Crippen LogP) is 2.43. The first-order valence-electron chi connectivity index (χ1n) is 6.05. The van der Waals surface area contributed by atoms with Gasteiger partial charge in [0, 0.05) is 13.6 Å². The van der Waals surface area contributed by atoms with E-state index in [0.29, 0.717) is 6.54 Å². The number of unbranched alkanes of at least 4 members (excludes halogenated alkanes) is 1. The van der Waals surface area contributed by atoms with Crippen LogP contribution in [0.25, 0.3) is 0 Å². The third-order valence-corrected chi connectivity index (χ3v) is 4.50. The van der Waals surface area contributed by atoms with Crippen molar-refractivity contribution in [2.75, 3.05) is 18.3 Å². The van der Waals surface area contributed by atoms with Gasteiger partial charge in [-0.05, 0) is 18.6 Å². The second-order valence-corrected chi connectivity index (χ2v) is 6.43. The van der Waals surface area contributed by atoms with Crippen LogP contribution in [0, 0.1) is 0 Å². The van der Waals surface area contributed by atoms with E-state index < -0.39 is 16.2 Å². The van der Waals surface area contributed by atoms with Crippen molar-refractivity contribution in [3.05, 3.63) is 28.8 Å². The molecule has 0 unspecified atom stereocenters. The number of hydrogen-bond acceptors (Lipinski definition) is 3. The molecule has 0 radical (unpaired) electrons. The molecule has 0 bridgehead atoms. The lowest BCUT2D eigenvalue weighted by Crippen LogP contribution is -2.33. The van der Waals surface area contributed by atoms with E-state index in [1.807, 2.05) is 6.92 Å². The minimum atomic E-state index is -3.80. The molecule has 0 heterocycles. The summed E-state index contributed by atoms with van der Waals surface area (Å²) in [5.41, 5.74) is -0.310. The normalized spacial score (nSPS) is 11.6. The molecule has 0 spiro atoms. The van der Waals surface area contributed by atoms with E-state index in [9.17, 15) is 13.2 Å². The maximum Gasteiger partial charge on any atom is 0.339 e. The first-order valence-corrected chi connectivity index (χ1v) is 7.87. The summed E-state index contributed by atoms with van der Waals surface area (Å²) in [5.74, 6) is -1.29. The Hall–Kier alpha value is -1.31. The van der Waals surface area contributed by atoms with Gasteiger partial charge in [-0.1, -0.05) is 31.0 Å². The molecule has 0 aliphatic carbocycles. The molecule has 0 fully saturated rings. The van der Waals surface area contributed by atoms with Crippen LogP contribution in [0.2, 0.25) is 5.02 Å². The monoisotopic (exact) mass is 320 g/mol. The lowest BCUT2D eigenvalue weighted by molar-refractivity contribution is 0.0698. The Morgan fingerprint density at radius 3 is 2.65 bits per heavy atom. The number of carboxylic acids is 1. The SMILES string of the molecule is CCCCN(C)S(=O)(=O)Nc1cccc(Cl)c1C(=O)O. The van der Waals surface area contributed by atoms with E-state index in [1.54, 1.807) is 0 Å². The lowest BCUT2D eigenvalue weighted by Gasteiger charge is -2.19. The standard InChI is InChI=1S/C12H17ClN2O4S/c1-3-4-8-15(2)20(18,19)14-10-7-5-6-9(13)11(10)12(16)17/h5-7,14H,3-4,8H2,1-2H3,(H,16,17). The molecule has 6 nitrogen and oxygen atoms in total. The number of halogens is 1. The van der Waals surface area contributed by atoms with Gasteiger partial charge in [0.25, 0.3) is 0 Å². The summed E-state index contributed by atoms with van der Waals surface area (Å²) in [5, 5.41) is 9.07. The van der Waals surface area contributed by atoms with Gasteiger partial charge < -0.3 is 5.11 Å². The molecular formula is C12H17ClN2O4S. The Morgan fingerprint density at radius 1 is 1.45 bits per heavy atom. The molecule has 0 atom stereocenters. The van der Waals surface area contributed by atoms with Crippen LogP contribution in [-0.2, 0) is 10.2 Å². The van der Waals surface area contributed by atoms with E-state index in [0.717, 1.165) is 17.1 Å². The molecule has 0 saturated heterocycles. The van der Waals surface area contributed by atoms with Gasteiger partial charge in [-0.3, -0.25) is 4.72 Å². The van der Waals surface area contributed by atoms with Crippen LogP contribution in [0.3, 0.4) is 0 Å². The van der Waals surface area contributed by atoms with E-state index in [-0.39, 0.29) is 16.3 Å². The first kappa shape index (κ1) is 16.7. The maximum atomic E-state index is 12.1. The quantitative estimate of drug-likeness (QED) is 0.807. The Labute approximate surface area is 123 Å². The van der Waals surface area contributed by atoms with Gasteiger partial charge in [0.2, 0.25) is 0 Å². The fourth-order valence-electron chi connectivity index (χ4n) is 1.54. The summed E-state index contributed by atoms with van der Waals surface area (Å²) in [7, 11) is -2.36. The molecule has 8 heteroatoms. The highest BCUT2D eigenvalue weighted by Crippen LogP contribution is 2.25.